The normalized spacial score (nSPS) is 26.0. The minimum atomic E-state index is 0.158. The molecule has 0 bridgehead atoms. The number of hydrogen-bond acceptors (Lipinski definition) is 2. The predicted octanol–water partition coefficient (Wildman–Crippen LogP) is 1.46. The van der Waals surface area contributed by atoms with E-state index in [0.717, 1.165) is 25.3 Å². The van der Waals surface area contributed by atoms with E-state index in [9.17, 15) is 4.79 Å². The van der Waals surface area contributed by atoms with Crippen LogP contribution in [0.15, 0.2) is 30.3 Å². The summed E-state index contributed by atoms with van der Waals surface area (Å²) in [5, 5.41) is 0. The summed E-state index contributed by atoms with van der Waals surface area (Å²) >= 11 is 0. The molecular formula is C12H14N2O. The van der Waals surface area contributed by atoms with Crippen LogP contribution in [0.2, 0.25) is 0 Å². The molecular weight excluding hydrogens is 188 g/mol. The first kappa shape index (κ1) is 8.92. The number of fused-ring (bicyclic) bond motifs is 1. The molecule has 78 valence electrons. The summed E-state index contributed by atoms with van der Waals surface area (Å²) in [4.78, 5) is 16.2. The summed E-state index contributed by atoms with van der Waals surface area (Å²) in [6.45, 7) is 1.84. The predicted molar refractivity (Wildman–Crippen MR) is 58.5 cm³/mol. The van der Waals surface area contributed by atoms with Crippen LogP contribution in [-0.4, -0.2) is 30.1 Å². The minimum Gasteiger partial charge on any atom is -0.298 e. The number of carbonyl (C=O) groups is 1. The van der Waals surface area contributed by atoms with Gasteiger partial charge in [0.25, 0.3) is 0 Å². The van der Waals surface area contributed by atoms with Gasteiger partial charge in [-0.1, -0.05) is 18.2 Å². The van der Waals surface area contributed by atoms with Crippen molar-refractivity contribution in [2.45, 2.75) is 18.9 Å². The monoisotopic (exact) mass is 202 g/mol. The fraction of sp³-hybridized carbons (Fsp3) is 0.417. The van der Waals surface area contributed by atoms with E-state index in [0.29, 0.717) is 0 Å². The number of benzene rings is 1. The average molecular weight is 202 g/mol. The topological polar surface area (TPSA) is 23.6 Å². The lowest BCUT2D eigenvalue weighted by Crippen LogP contribution is -2.28. The zero-order valence-corrected chi connectivity index (χ0v) is 8.60. The van der Waals surface area contributed by atoms with Crippen molar-refractivity contribution < 1.29 is 4.79 Å². The van der Waals surface area contributed by atoms with E-state index in [1.165, 1.54) is 6.42 Å². The van der Waals surface area contributed by atoms with Crippen LogP contribution in [0.4, 0.5) is 5.69 Å². The lowest BCUT2D eigenvalue weighted by molar-refractivity contribution is -0.119. The highest BCUT2D eigenvalue weighted by molar-refractivity contribution is 5.99. The number of para-hydroxylation sites is 1. The molecule has 0 radical (unpaired) electrons. The van der Waals surface area contributed by atoms with Crippen LogP contribution in [0.3, 0.4) is 0 Å². The van der Waals surface area contributed by atoms with Crippen molar-refractivity contribution >= 4 is 11.6 Å². The summed E-state index contributed by atoms with van der Waals surface area (Å²) in [6, 6.07) is 10.1. The molecule has 0 aromatic heterocycles. The fourth-order valence-corrected chi connectivity index (χ4v) is 2.52. The molecule has 1 unspecified atom stereocenters. The second-order valence-electron chi connectivity index (χ2n) is 4.21. The molecule has 2 fully saturated rings. The average Bonchev–Trinajstić information content (AvgIpc) is 2.83. The van der Waals surface area contributed by atoms with Crippen molar-refractivity contribution in [1.29, 1.82) is 0 Å². The third kappa shape index (κ3) is 1.35. The van der Waals surface area contributed by atoms with Gasteiger partial charge in [-0.3, -0.25) is 14.6 Å². The Bertz CT molecular complexity index is 376. The number of nitrogens with zero attached hydrogens (tertiary/aromatic N) is 2. The van der Waals surface area contributed by atoms with Gasteiger partial charge in [-0.2, -0.15) is 0 Å². The molecule has 3 rings (SSSR count). The molecule has 2 heterocycles. The number of anilines is 1. The highest BCUT2D eigenvalue weighted by Gasteiger charge is 2.41. The van der Waals surface area contributed by atoms with Crippen molar-refractivity contribution in [2.75, 3.05) is 18.1 Å². The number of carbonyl (C=O) groups excluding carboxylic acids is 1. The first-order chi connectivity index (χ1) is 7.36. The zero-order valence-electron chi connectivity index (χ0n) is 8.60. The minimum absolute atomic E-state index is 0.158. The molecule has 0 N–H and O–H groups in total. The van der Waals surface area contributed by atoms with Gasteiger partial charge >= 0.3 is 0 Å². The van der Waals surface area contributed by atoms with E-state index < -0.39 is 0 Å². The first-order valence-corrected chi connectivity index (χ1v) is 5.47. The molecule has 2 aliphatic rings. The van der Waals surface area contributed by atoms with E-state index >= 15 is 0 Å². The molecule has 0 aliphatic carbocycles. The van der Waals surface area contributed by atoms with Crippen LogP contribution in [0.1, 0.15) is 12.8 Å². The van der Waals surface area contributed by atoms with E-state index in [-0.39, 0.29) is 11.9 Å². The SMILES string of the molecule is O=C1C2CCCN2CN1c1ccccc1. The maximum atomic E-state index is 12.1. The van der Waals surface area contributed by atoms with E-state index in [2.05, 4.69) is 4.90 Å². The van der Waals surface area contributed by atoms with Crippen molar-refractivity contribution in [3.05, 3.63) is 30.3 Å². The largest absolute Gasteiger partial charge is 0.298 e. The van der Waals surface area contributed by atoms with E-state index in [1.807, 2.05) is 35.2 Å². The van der Waals surface area contributed by atoms with Crippen molar-refractivity contribution in [1.82, 2.24) is 4.90 Å². The molecule has 1 aromatic carbocycles. The van der Waals surface area contributed by atoms with Gasteiger partial charge in [0.15, 0.2) is 0 Å². The molecule has 3 heteroatoms. The van der Waals surface area contributed by atoms with Gasteiger partial charge < -0.3 is 0 Å². The lowest BCUT2D eigenvalue weighted by Gasteiger charge is -2.16. The van der Waals surface area contributed by atoms with E-state index in [1.54, 1.807) is 0 Å². The van der Waals surface area contributed by atoms with Gasteiger partial charge in [-0.25, -0.2) is 0 Å². The Balaban J connectivity index is 1.88. The molecule has 15 heavy (non-hydrogen) atoms. The lowest BCUT2D eigenvalue weighted by atomic mass is 10.2. The Morgan fingerprint density at radius 1 is 1.20 bits per heavy atom. The maximum absolute atomic E-state index is 12.1. The van der Waals surface area contributed by atoms with Crippen LogP contribution >= 0.6 is 0 Å². The third-order valence-electron chi connectivity index (χ3n) is 3.31. The zero-order chi connectivity index (χ0) is 10.3. The highest BCUT2D eigenvalue weighted by atomic mass is 16.2. The Morgan fingerprint density at radius 2 is 2.00 bits per heavy atom. The highest BCUT2D eigenvalue weighted by Crippen LogP contribution is 2.29. The van der Waals surface area contributed by atoms with Crippen LogP contribution < -0.4 is 4.90 Å². The Labute approximate surface area is 89.3 Å². The molecule has 1 atom stereocenters. The maximum Gasteiger partial charge on any atom is 0.245 e. The summed E-state index contributed by atoms with van der Waals surface area (Å²) in [5.41, 5.74) is 1.02. The van der Waals surface area contributed by atoms with Crippen LogP contribution in [0.5, 0.6) is 0 Å². The molecule has 2 aliphatic heterocycles. The molecule has 1 amide bonds. The molecule has 2 saturated heterocycles. The second-order valence-corrected chi connectivity index (χ2v) is 4.21. The fourth-order valence-electron chi connectivity index (χ4n) is 2.52. The van der Waals surface area contributed by atoms with Gasteiger partial charge in [0.2, 0.25) is 5.91 Å². The first-order valence-electron chi connectivity index (χ1n) is 5.47. The second kappa shape index (κ2) is 3.35. The molecule has 0 saturated carbocycles. The van der Waals surface area contributed by atoms with Crippen LogP contribution in [0, 0.1) is 0 Å². The van der Waals surface area contributed by atoms with Crippen LogP contribution in [0.25, 0.3) is 0 Å². The standard InChI is InChI=1S/C12H14N2O/c15-12-11-7-4-8-13(11)9-14(12)10-5-2-1-3-6-10/h1-3,5-6,11H,4,7-9H2. The Hall–Kier alpha value is -1.35. The van der Waals surface area contributed by atoms with Gasteiger partial charge in [0.05, 0.1) is 12.7 Å². The molecule has 1 aromatic rings. The van der Waals surface area contributed by atoms with Crippen molar-refractivity contribution in [3.63, 3.8) is 0 Å². The van der Waals surface area contributed by atoms with Crippen molar-refractivity contribution in [2.24, 2.45) is 0 Å². The van der Waals surface area contributed by atoms with Crippen LogP contribution in [-0.2, 0) is 4.79 Å². The number of rotatable bonds is 1. The number of hydrogen-bond donors (Lipinski definition) is 0. The Kier molecular flexibility index (Phi) is 1.99. The van der Waals surface area contributed by atoms with Gasteiger partial charge in [0, 0.05) is 12.2 Å². The number of amides is 1. The van der Waals surface area contributed by atoms with Gasteiger partial charge in [-0.05, 0) is 25.0 Å². The smallest absolute Gasteiger partial charge is 0.245 e. The third-order valence-corrected chi connectivity index (χ3v) is 3.31. The quantitative estimate of drug-likeness (QED) is 0.688. The summed E-state index contributed by atoms with van der Waals surface area (Å²) in [7, 11) is 0. The summed E-state index contributed by atoms with van der Waals surface area (Å²) in [5.74, 6) is 0.277. The summed E-state index contributed by atoms with van der Waals surface area (Å²) < 4.78 is 0. The van der Waals surface area contributed by atoms with E-state index in [4.69, 9.17) is 0 Å². The summed E-state index contributed by atoms with van der Waals surface area (Å²) in [6.07, 6.45) is 2.20. The van der Waals surface area contributed by atoms with Gasteiger partial charge in [-0.15, -0.1) is 0 Å². The Morgan fingerprint density at radius 3 is 2.73 bits per heavy atom. The van der Waals surface area contributed by atoms with Gasteiger partial charge in [0.1, 0.15) is 0 Å². The van der Waals surface area contributed by atoms with Crippen molar-refractivity contribution in [3.8, 4) is 0 Å². The molecule has 0 spiro atoms. The molecule has 3 nitrogen and oxygen atoms in total.